The number of aromatic nitrogens is 5. The van der Waals surface area contributed by atoms with Gasteiger partial charge in [-0.1, -0.05) is 30.7 Å². The molecular formula is C18H16ClN5. The zero-order valence-electron chi connectivity index (χ0n) is 13.2. The van der Waals surface area contributed by atoms with Gasteiger partial charge in [0.05, 0.1) is 12.2 Å². The molecule has 0 saturated carbocycles. The molecule has 0 aliphatic rings. The molecule has 0 unspecified atom stereocenters. The predicted molar refractivity (Wildman–Crippen MR) is 94.1 cm³/mol. The van der Waals surface area contributed by atoms with Crippen molar-refractivity contribution in [2.24, 2.45) is 0 Å². The monoisotopic (exact) mass is 337 g/mol. The summed E-state index contributed by atoms with van der Waals surface area (Å²) in [6.45, 7) is 2.78. The van der Waals surface area contributed by atoms with Crippen LogP contribution >= 0.6 is 11.6 Å². The summed E-state index contributed by atoms with van der Waals surface area (Å²) in [5.74, 6) is 1.61. The molecular weight excluding hydrogens is 322 g/mol. The molecule has 0 saturated heterocycles. The third-order valence-corrected chi connectivity index (χ3v) is 4.27. The first kappa shape index (κ1) is 14.9. The summed E-state index contributed by atoms with van der Waals surface area (Å²) in [6, 6.07) is 9.65. The highest BCUT2D eigenvalue weighted by Crippen LogP contribution is 2.23. The van der Waals surface area contributed by atoms with Gasteiger partial charge in [-0.15, -0.1) is 0 Å². The molecule has 3 heterocycles. The molecule has 5 nitrogen and oxygen atoms in total. The number of halogens is 1. The molecule has 0 amide bonds. The molecule has 120 valence electrons. The quantitative estimate of drug-likeness (QED) is 0.568. The number of aryl methyl sites for hydroxylation is 1. The normalized spacial score (nSPS) is 11.2. The van der Waals surface area contributed by atoms with Crippen LogP contribution in [0.4, 0.5) is 0 Å². The molecule has 24 heavy (non-hydrogen) atoms. The maximum atomic E-state index is 6.11. The molecule has 0 aliphatic carbocycles. The maximum Gasteiger partial charge on any atom is 0.234 e. The van der Waals surface area contributed by atoms with Gasteiger partial charge in [0.25, 0.3) is 0 Å². The summed E-state index contributed by atoms with van der Waals surface area (Å²) in [6.07, 6.45) is 8.43. The van der Waals surface area contributed by atoms with Gasteiger partial charge in [0.2, 0.25) is 5.78 Å². The highest BCUT2D eigenvalue weighted by molar-refractivity contribution is 6.30. The zero-order chi connectivity index (χ0) is 16.5. The van der Waals surface area contributed by atoms with Crippen molar-refractivity contribution in [2.45, 2.75) is 19.9 Å². The van der Waals surface area contributed by atoms with E-state index in [0.29, 0.717) is 11.6 Å². The lowest BCUT2D eigenvalue weighted by Crippen LogP contribution is -2.04. The highest BCUT2D eigenvalue weighted by atomic mass is 35.5. The minimum Gasteiger partial charge on any atom is -0.325 e. The lowest BCUT2D eigenvalue weighted by molar-refractivity contribution is 0.772. The molecule has 3 aromatic heterocycles. The van der Waals surface area contributed by atoms with Crippen LogP contribution in [0.2, 0.25) is 5.02 Å². The van der Waals surface area contributed by atoms with Crippen molar-refractivity contribution in [1.82, 2.24) is 23.9 Å². The van der Waals surface area contributed by atoms with Crippen LogP contribution in [-0.2, 0) is 13.0 Å². The molecule has 1 aromatic carbocycles. The first-order chi connectivity index (χ1) is 11.8. The summed E-state index contributed by atoms with van der Waals surface area (Å²) < 4.78 is 4.14. The Balaban J connectivity index is 1.76. The van der Waals surface area contributed by atoms with Gasteiger partial charge in [0.15, 0.2) is 0 Å². The fourth-order valence-electron chi connectivity index (χ4n) is 2.97. The van der Waals surface area contributed by atoms with E-state index in [0.717, 1.165) is 29.3 Å². The van der Waals surface area contributed by atoms with E-state index >= 15 is 0 Å². The molecule has 0 aliphatic heterocycles. The number of rotatable bonds is 4. The van der Waals surface area contributed by atoms with Crippen LogP contribution in [0.1, 0.15) is 18.3 Å². The Bertz CT molecular complexity index is 1000. The topological polar surface area (TPSA) is 48.0 Å². The Morgan fingerprint density at radius 1 is 1.08 bits per heavy atom. The van der Waals surface area contributed by atoms with Gasteiger partial charge in [0.1, 0.15) is 5.82 Å². The van der Waals surface area contributed by atoms with Crippen molar-refractivity contribution in [1.29, 1.82) is 0 Å². The van der Waals surface area contributed by atoms with E-state index in [-0.39, 0.29) is 0 Å². The van der Waals surface area contributed by atoms with Crippen molar-refractivity contribution in [3.05, 3.63) is 71.5 Å². The minimum atomic E-state index is 0.647. The van der Waals surface area contributed by atoms with E-state index in [4.69, 9.17) is 11.6 Å². The number of hydrogen-bond donors (Lipinski definition) is 0. The second kappa shape index (κ2) is 6.09. The molecule has 0 N–H and O–H groups in total. The smallest absolute Gasteiger partial charge is 0.234 e. The lowest BCUT2D eigenvalue weighted by Gasteiger charge is -2.08. The Morgan fingerprint density at radius 3 is 2.83 bits per heavy atom. The second-order valence-corrected chi connectivity index (χ2v) is 5.97. The van der Waals surface area contributed by atoms with E-state index in [9.17, 15) is 0 Å². The SMILES string of the molecule is CCc1c(Cn2ccnc2-c2cccc(Cl)c2)nc2ncccn12. The van der Waals surface area contributed by atoms with Crippen molar-refractivity contribution < 1.29 is 0 Å². The summed E-state index contributed by atoms with van der Waals surface area (Å²) in [5, 5.41) is 0.702. The van der Waals surface area contributed by atoms with Crippen LogP contribution in [0.5, 0.6) is 0 Å². The third-order valence-electron chi connectivity index (χ3n) is 4.04. The third kappa shape index (κ3) is 2.57. The first-order valence-corrected chi connectivity index (χ1v) is 8.22. The van der Waals surface area contributed by atoms with E-state index in [2.05, 4.69) is 26.4 Å². The number of nitrogens with zero attached hydrogens (tertiary/aromatic N) is 5. The average molecular weight is 338 g/mol. The lowest BCUT2D eigenvalue weighted by atomic mass is 10.2. The summed E-state index contributed by atoms with van der Waals surface area (Å²) in [5.41, 5.74) is 3.17. The maximum absolute atomic E-state index is 6.11. The average Bonchev–Trinajstić information content (AvgIpc) is 3.19. The van der Waals surface area contributed by atoms with Gasteiger partial charge in [-0.2, -0.15) is 0 Å². The van der Waals surface area contributed by atoms with Gasteiger partial charge < -0.3 is 4.57 Å². The molecule has 0 spiro atoms. The van der Waals surface area contributed by atoms with E-state index in [1.807, 2.05) is 47.1 Å². The van der Waals surface area contributed by atoms with Gasteiger partial charge in [-0.3, -0.25) is 4.40 Å². The standard InChI is InChI=1S/C18H16ClN5/c1-2-16-15(22-18-21-7-4-9-24(16)18)12-23-10-8-20-17(23)13-5-3-6-14(19)11-13/h3-11H,2,12H2,1H3. The van der Waals surface area contributed by atoms with Crippen LogP contribution in [-0.4, -0.2) is 23.9 Å². The Kier molecular flexibility index (Phi) is 3.78. The van der Waals surface area contributed by atoms with Crippen molar-refractivity contribution in [3.8, 4) is 11.4 Å². The summed E-state index contributed by atoms with van der Waals surface area (Å²) in [7, 11) is 0. The van der Waals surface area contributed by atoms with E-state index in [1.165, 1.54) is 5.69 Å². The number of imidazole rings is 2. The molecule has 0 fully saturated rings. The number of fused-ring (bicyclic) bond motifs is 1. The fraction of sp³-hybridized carbons (Fsp3) is 0.167. The molecule has 4 rings (SSSR count). The van der Waals surface area contributed by atoms with Gasteiger partial charge >= 0.3 is 0 Å². The van der Waals surface area contributed by atoms with Crippen molar-refractivity contribution in [2.75, 3.05) is 0 Å². The van der Waals surface area contributed by atoms with Crippen LogP contribution < -0.4 is 0 Å². The minimum absolute atomic E-state index is 0.647. The zero-order valence-corrected chi connectivity index (χ0v) is 14.0. The molecule has 6 heteroatoms. The van der Waals surface area contributed by atoms with E-state index in [1.54, 1.807) is 12.4 Å². The Hall–Kier alpha value is -2.66. The van der Waals surface area contributed by atoms with Crippen LogP contribution in [0, 0.1) is 0 Å². The van der Waals surface area contributed by atoms with Crippen LogP contribution in [0.25, 0.3) is 17.2 Å². The Morgan fingerprint density at radius 2 is 2.00 bits per heavy atom. The first-order valence-electron chi connectivity index (χ1n) is 7.84. The molecule has 0 atom stereocenters. The van der Waals surface area contributed by atoms with Crippen molar-refractivity contribution in [3.63, 3.8) is 0 Å². The molecule has 4 aromatic rings. The number of benzene rings is 1. The predicted octanol–water partition coefficient (Wildman–Crippen LogP) is 3.86. The van der Waals surface area contributed by atoms with Gasteiger partial charge in [-0.05, 0) is 24.6 Å². The van der Waals surface area contributed by atoms with Crippen molar-refractivity contribution >= 4 is 17.4 Å². The molecule has 0 radical (unpaired) electrons. The Labute approximate surface area is 144 Å². The highest BCUT2D eigenvalue weighted by Gasteiger charge is 2.14. The summed E-state index contributed by atoms with van der Waals surface area (Å²) >= 11 is 6.11. The second-order valence-electron chi connectivity index (χ2n) is 5.54. The van der Waals surface area contributed by atoms with Crippen LogP contribution in [0.3, 0.4) is 0 Å². The van der Waals surface area contributed by atoms with Crippen LogP contribution in [0.15, 0.2) is 55.1 Å². The molecule has 0 bridgehead atoms. The number of hydrogen-bond acceptors (Lipinski definition) is 3. The largest absolute Gasteiger partial charge is 0.325 e. The van der Waals surface area contributed by atoms with Gasteiger partial charge in [0, 0.05) is 41.1 Å². The van der Waals surface area contributed by atoms with E-state index < -0.39 is 0 Å². The summed E-state index contributed by atoms with van der Waals surface area (Å²) in [4.78, 5) is 13.5. The fourth-order valence-corrected chi connectivity index (χ4v) is 3.16. The van der Waals surface area contributed by atoms with Gasteiger partial charge in [-0.25, -0.2) is 15.0 Å².